The Bertz CT molecular complexity index is 992. The number of carbonyl (C=O) groups excluding carboxylic acids is 1. The molecule has 1 aliphatic rings. The summed E-state index contributed by atoms with van der Waals surface area (Å²) in [4.78, 5) is 25.0. The molecule has 0 radical (unpaired) electrons. The molecule has 31 heavy (non-hydrogen) atoms. The SMILES string of the molecule is CC.CCOC(=O)c1cn2c(cc1=O)-c1cc(OC)c(O)cc1CC2C(C)(C)COC. The summed E-state index contributed by atoms with van der Waals surface area (Å²) >= 11 is 0. The van der Waals surface area contributed by atoms with E-state index in [9.17, 15) is 14.7 Å². The van der Waals surface area contributed by atoms with Gasteiger partial charge in [-0.3, -0.25) is 4.79 Å². The molecule has 1 unspecified atom stereocenters. The first-order valence-electron chi connectivity index (χ1n) is 10.6. The summed E-state index contributed by atoms with van der Waals surface area (Å²) in [6.45, 7) is 10.5. The van der Waals surface area contributed by atoms with Crippen LogP contribution in [-0.2, 0) is 15.9 Å². The second-order valence-corrected chi connectivity index (χ2v) is 7.89. The molecule has 1 aromatic carbocycles. The Kier molecular flexibility index (Phi) is 7.90. The Hall–Kier alpha value is -2.80. The highest BCUT2D eigenvalue weighted by Crippen LogP contribution is 2.45. The van der Waals surface area contributed by atoms with Crippen LogP contribution in [0.1, 0.15) is 56.6 Å². The van der Waals surface area contributed by atoms with Gasteiger partial charge in [0, 0.05) is 36.4 Å². The van der Waals surface area contributed by atoms with Crippen molar-refractivity contribution >= 4 is 5.97 Å². The molecule has 0 saturated carbocycles. The summed E-state index contributed by atoms with van der Waals surface area (Å²) in [6.07, 6.45) is 2.18. The number of methoxy groups -OCH3 is 2. The number of carbonyl (C=O) groups is 1. The largest absolute Gasteiger partial charge is 0.504 e. The number of hydrogen-bond acceptors (Lipinski definition) is 6. The van der Waals surface area contributed by atoms with E-state index < -0.39 is 11.4 Å². The molecule has 1 aromatic heterocycles. The third kappa shape index (κ3) is 4.77. The number of esters is 1. The molecule has 0 saturated heterocycles. The molecule has 7 heteroatoms. The quantitative estimate of drug-likeness (QED) is 0.690. The first kappa shape index (κ1) is 24.5. The number of hydrogen-bond donors (Lipinski definition) is 1. The predicted octanol–water partition coefficient (Wildman–Crippen LogP) is 4.20. The van der Waals surface area contributed by atoms with Crippen LogP contribution in [0.2, 0.25) is 0 Å². The van der Waals surface area contributed by atoms with Crippen LogP contribution in [0.5, 0.6) is 11.5 Å². The van der Waals surface area contributed by atoms with E-state index in [1.165, 1.54) is 13.2 Å². The number of phenolic OH excluding ortho intramolecular Hbond substituents is 1. The molecular formula is C24H33NO6. The molecule has 1 N–H and O–H groups in total. The molecule has 0 fully saturated rings. The van der Waals surface area contributed by atoms with Crippen LogP contribution < -0.4 is 10.2 Å². The van der Waals surface area contributed by atoms with E-state index in [0.29, 0.717) is 24.5 Å². The van der Waals surface area contributed by atoms with Crippen LogP contribution in [0.4, 0.5) is 0 Å². The van der Waals surface area contributed by atoms with E-state index in [1.807, 2.05) is 18.4 Å². The Morgan fingerprint density at radius 3 is 2.48 bits per heavy atom. The maximum atomic E-state index is 12.7. The fraction of sp³-hybridized carbons (Fsp3) is 0.500. The molecule has 3 rings (SSSR count). The van der Waals surface area contributed by atoms with E-state index in [-0.39, 0.29) is 29.4 Å². The lowest BCUT2D eigenvalue weighted by Crippen LogP contribution is -2.37. The highest BCUT2D eigenvalue weighted by Gasteiger charge is 2.37. The van der Waals surface area contributed by atoms with E-state index in [0.717, 1.165) is 11.1 Å². The molecule has 0 bridgehead atoms. The number of rotatable bonds is 6. The molecule has 0 aliphatic carbocycles. The topological polar surface area (TPSA) is 87.0 Å². The van der Waals surface area contributed by atoms with Crippen molar-refractivity contribution in [2.45, 2.75) is 47.1 Å². The smallest absolute Gasteiger partial charge is 0.343 e. The summed E-state index contributed by atoms with van der Waals surface area (Å²) in [5.74, 6) is -0.259. The van der Waals surface area contributed by atoms with Gasteiger partial charge in [0.25, 0.3) is 0 Å². The molecule has 170 valence electrons. The minimum absolute atomic E-state index is 0.00279. The maximum Gasteiger partial charge on any atom is 0.343 e. The Balaban J connectivity index is 0.00000166. The lowest BCUT2D eigenvalue weighted by atomic mass is 9.77. The van der Waals surface area contributed by atoms with Crippen LogP contribution in [0.25, 0.3) is 11.3 Å². The van der Waals surface area contributed by atoms with Crippen LogP contribution >= 0.6 is 0 Å². The van der Waals surface area contributed by atoms with Gasteiger partial charge in [0.15, 0.2) is 16.9 Å². The van der Waals surface area contributed by atoms with Gasteiger partial charge in [-0.1, -0.05) is 27.7 Å². The fourth-order valence-corrected chi connectivity index (χ4v) is 4.00. The number of nitrogens with zero attached hydrogens (tertiary/aromatic N) is 1. The van der Waals surface area contributed by atoms with Crippen molar-refractivity contribution in [2.24, 2.45) is 5.41 Å². The van der Waals surface area contributed by atoms with Crippen molar-refractivity contribution in [3.8, 4) is 22.8 Å². The van der Waals surface area contributed by atoms with Gasteiger partial charge in [-0.2, -0.15) is 0 Å². The highest BCUT2D eigenvalue weighted by molar-refractivity contribution is 5.89. The molecule has 1 atom stereocenters. The summed E-state index contributed by atoms with van der Waals surface area (Å²) in [5.41, 5.74) is 1.65. The number of pyridine rings is 1. The molecule has 2 heterocycles. The lowest BCUT2D eigenvalue weighted by molar-refractivity contribution is 0.0516. The maximum absolute atomic E-state index is 12.7. The first-order chi connectivity index (χ1) is 14.7. The zero-order chi connectivity index (χ0) is 23.3. The van der Waals surface area contributed by atoms with Gasteiger partial charge >= 0.3 is 5.97 Å². The van der Waals surface area contributed by atoms with Gasteiger partial charge in [-0.25, -0.2) is 4.79 Å². The highest BCUT2D eigenvalue weighted by atomic mass is 16.5. The number of fused-ring (bicyclic) bond motifs is 3. The van der Waals surface area contributed by atoms with Crippen molar-refractivity contribution in [1.82, 2.24) is 4.57 Å². The molecule has 7 nitrogen and oxygen atoms in total. The zero-order valence-corrected chi connectivity index (χ0v) is 19.4. The van der Waals surface area contributed by atoms with Crippen molar-refractivity contribution in [2.75, 3.05) is 27.4 Å². The minimum atomic E-state index is -0.634. The molecule has 0 amide bonds. The van der Waals surface area contributed by atoms with Crippen molar-refractivity contribution in [1.29, 1.82) is 0 Å². The van der Waals surface area contributed by atoms with Gasteiger partial charge in [0.2, 0.25) is 0 Å². The second-order valence-electron chi connectivity index (χ2n) is 7.89. The van der Waals surface area contributed by atoms with Crippen LogP contribution in [0, 0.1) is 5.41 Å². The van der Waals surface area contributed by atoms with E-state index in [4.69, 9.17) is 14.2 Å². The molecular weight excluding hydrogens is 398 g/mol. The number of ether oxygens (including phenoxy) is 3. The van der Waals surface area contributed by atoms with Gasteiger partial charge in [-0.15, -0.1) is 0 Å². The van der Waals surface area contributed by atoms with Crippen molar-refractivity contribution in [3.63, 3.8) is 0 Å². The van der Waals surface area contributed by atoms with E-state index in [2.05, 4.69) is 13.8 Å². The molecule has 0 spiro atoms. The van der Waals surface area contributed by atoms with Crippen molar-refractivity contribution < 1.29 is 24.1 Å². The number of aromatic nitrogens is 1. The average Bonchev–Trinajstić information content (AvgIpc) is 2.73. The Labute approximate surface area is 183 Å². The number of phenols is 1. The normalized spacial score (nSPS) is 14.6. The third-order valence-corrected chi connectivity index (χ3v) is 5.42. The fourth-order valence-electron chi connectivity index (χ4n) is 4.00. The third-order valence-electron chi connectivity index (χ3n) is 5.42. The molecule has 2 aromatic rings. The van der Waals surface area contributed by atoms with E-state index in [1.54, 1.807) is 32.4 Å². The van der Waals surface area contributed by atoms with Crippen LogP contribution in [0.3, 0.4) is 0 Å². The van der Waals surface area contributed by atoms with Crippen LogP contribution in [-0.4, -0.2) is 43.1 Å². The van der Waals surface area contributed by atoms with Crippen LogP contribution in [0.15, 0.2) is 29.2 Å². The summed E-state index contributed by atoms with van der Waals surface area (Å²) in [7, 11) is 3.12. The lowest BCUT2D eigenvalue weighted by Gasteiger charge is -2.40. The number of aromatic hydroxyl groups is 1. The minimum Gasteiger partial charge on any atom is -0.504 e. The molecule has 1 aliphatic heterocycles. The van der Waals surface area contributed by atoms with Crippen molar-refractivity contribution in [3.05, 3.63) is 45.7 Å². The first-order valence-corrected chi connectivity index (χ1v) is 10.6. The van der Waals surface area contributed by atoms with E-state index >= 15 is 0 Å². The Morgan fingerprint density at radius 2 is 1.90 bits per heavy atom. The summed E-state index contributed by atoms with van der Waals surface area (Å²) in [6, 6.07) is 4.75. The summed E-state index contributed by atoms with van der Waals surface area (Å²) in [5, 5.41) is 10.3. The predicted molar refractivity (Wildman–Crippen MR) is 120 cm³/mol. The monoisotopic (exact) mass is 431 g/mol. The average molecular weight is 432 g/mol. The zero-order valence-electron chi connectivity index (χ0n) is 19.4. The van der Waals surface area contributed by atoms with Gasteiger partial charge in [0.05, 0.1) is 26.0 Å². The summed E-state index contributed by atoms with van der Waals surface area (Å²) < 4.78 is 17.7. The number of benzene rings is 1. The second kappa shape index (κ2) is 10.0. The van der Waals surface area contributed by atoms with Gasteiger partial charge < -0.3 is 23.9 Å². The van der Waals surface area contributed by atoms with Gasteiger partial charge in [-0.05, 0) is 31.0 Å². The standard InChI is InChI=1S/C22H27NO6.C2H6/c1-6-29-21(26)15-11-23-16(10-17(15)24)14-9-19(28-5)18(25)7-13(14)8-20(23)22(2,3)12-27-4;1-2/h7,9-11,20,25H,6,8,12H2,1-5H3;1-2H3. The van der Waals surface area contributed by atoms with Gasteiger partial charge in [0.1, 0.15) is 5.56 Å². The Morgan fingerprint density at radius 1 is 1.23 bits per heavy atom.